The van der Waals surface area contributed by atoms with E-state index in [-0.39, 0.29) is 16.9 Å². The predicted molar refractivity (Wildman–Crippen MR) is 155 cm³/mol. The van der Waals surface area contributed by atoms with E-state index in [0.29, 0.717) is 33.6 Å². The maximum Gasteiger partial charge on any atom is 0.267 e. The molecule has 0 aliphatic carbocycles. The maximum absolute atomic E-state index is 14.2. The number of nitrogens with one attached hydrogen (secondary N) is 1. The van der Waals surface area contributed by atoms with Gasteiger partial charge in [-0.15, -0.1) is 0 Å². The van der Waals surface area contributed by atoms with E-state index in [9.17, 15) is 9.59 Å². The Balaban J connectivity index is 1.49. The molecule has 6 aromatic rings. The Morgan fingerprint density at radius 2 is 1.83 bits per heavy atom. The molecule has 4 aromatic heterocycles. The van der Waals surface area contributed by atoms with Crippen molar-refractivity contribution in [3.8, 4) is 17.5 Å². The van der Waals surface area contributed by atoms with E-state index in [4.69, 9.17) is 10.7 Å². The Morgan fingerprint density at radius 3 is 2.59 bits per heavy atom. The van der Waals surface area contributed by atoms with E-state index < -0.39 is 11.9 Å². The number of carbonyl (C=O) groups is 1. The van der Waals surface area contributed by atoms with Crippen molar-refractivity contribution in [2.45, 2.75) is 19.9 Å². The van der Waals surface area contributed by atoms with E-state index in [1.165, 1.54) is 10.9 Å². The monoisotopic (exact) mass is 543 g/mol. The first-order chi connectivity index (χ1) is 19.8. The zero-order valence-electron chi connectivity index (χ0n) is 22.5. The lowest BCUT2D eigenvalue weighted by molar-refractivity contribution is 0.0939. The molecule has 41 heavy (non-hydrogen) atoms. The van der Waals surface area contributed by atoms with Gasteiger partial charge in [-0.25, -0.2) is 15.0 Å². The van der Waals surface area contributed by atoms with Gasteiger partial charge in [0.25, 0.3) is 11.5 Å². The van der Waals surface area contributed by atoms with Gasteiger partial charge >= 0.3 is 0 Å². The minimum absolute atomic E-state index is 0.0485. The molecular formula is C30H25N9O2. The van der Waals surface area contributed by atoms with Crippen LogP contribution in [0.1, 0.15) is 46.0 Å². The third-order valence-corrected chi connectivity index (χ3v) is 6.94. The van der Waals surface area contributed by atoms with Crippen molar-refractivity contribution >= 4 is 28.3 Å². The van der Waals surface area contributed by atoms with Gasteiger partial charge in [-0.05, 0) is 38.1 Å². The van der Waals surface area contributed by atoms with Crippen molar-refractivity contribution in [1.29, 1.82) is 0 Å². The summed E-state index contributed by atoms with van der Waals surface area (Å²) >= 11 is 0. The molecule has 0 saturated carbocycles. The Labute approximate surface area is 234 Å². The van der Waals surface area contributed by atoms with Gasteiger partial charge in [0.1, 0.15) is 23.5 Å². The number of carbonyl (C=O) groups excluding carboxylic acids is 1. The first-order valence-electron chi connectivity index (χ1n) is 12.8. The highest BCUT2D eigenvalue weighted by Crippen LogP contribution is 2.22. The van der Waals surface area contributed by atoms with Crippen molar-refractivity contribution in [1.82, 2.24) is 39.0 Å². The molecule has 0 aliphatic heterocycles. The fraction of sp³-hybridized carbons (Fsp3) is 0.133. The van der Waals surface area contributed by atoms with E-state index in [0.717, 1.165) is 11.3 Å². The number of imidazole rings is 1. The second-order valence-corrected chi connectivity index (χ2v) is 9.52. The Kier molecular flexibility index (Phi) is 6.28. The van der Waals surface area contributed by atoms with E-state index in [1.807, 2.05) is 44.3 Å². The number of amides is 1. The molecule has 2 aromatic carbocycles. The van der Waals surface area contributed by atoms with Crippen LogP contribution in [0.25, 0.3) is 22.2 Å². The number of nitrogens with two attached hydrogens (primary N) is 1. The number of rotatable bonds is 4. The number of anilines is 1. The number of aryl methyl sites for hydroxylation is 1. The first kappa shape index (κ1) is 25.5. The topological polar surface area (TPSA) is 138 Å². The molecule has 6 rings (SSSR count). The summed E-state index contributed by atoms with van der Waals surface area (Å²) in [5.41, 5.74) is 9.58. The van der Waals surface area contributed by atoms with Gasteiger partial charge in [0.05, 0.1) is 40.1 Å². The number of hydrogen-bond donors (Lipinski definition) is 2. The lowest BCUT2D eigenvalue weighted by Gasteiger charge is -2.20. The number of benzene rings is 2. The summed E-state index contributed by atoms with van der Waals surface area (Å²) in [6, 6.07) is 13.8. The van der Waals surface area contributed by atoms with Gasteiger partial charge in [-0.3, -0.25) is 23.2 Å². The van der Waals surface area contributed by atoms with Crippen molar-refractivity contribution < 1.29 is 4.79 Å². The number of hydrogen-bond acceptors (Lipinski definition) is 7. The van der Waals surface area contributed by atoms with Crippen molar-refractivity contribution in [3.63, 3.8) is 0 Å². The van der Waals surface area contributed by atoms with Crippen LogP contribution in [0.4, 0.5) is 5.82 Å². The molecule has 1 amide bonds. The lowest BCUT2D eigenvalue weighted by Crippen LogP contribution is -2.34. The fourth-order valence-electron chi connectivity index (χ4n) is 4.68. The highest BCUT2D eigenvalue weighted by molar-refractivity contribution is 6.04. The molecule has 0 saturated heterocycles. The normalized spacial score (nSPS) is 11.8. The fourth-order valence-corrected chi connectivity index (χ4v) is 4.68. The quantitative estimate of drug-likeness (QED) is 0.326. The van der Waals surface area contributed by atoms with E-state index in [2.05, 4.69) is 32.2 Å². The average molecular weight is 544 g/mol. The summed E-state index contributed by atoms with van der Waals surface area (Å²) in [5.74, 6) is 6.19. The molecule has 0 aliphatic rings. The number of nitrogens with zero attached hydrogens (tertiary/aromatic N) is 7. The van der Waals surface area contributed by atoms with Gasteiger partial charge in [0.2, 0.25) is 0 Å². The standard InChI is InChI=1S/C30H25N9O2/c1-18(35-29(40)25-26(31)33-17-38-15-14-32-28(25)38)27-36-23-11-7-8-20(12-13-21-16-34-37(3)19(21)2)24(23)30(41)39(27)22-9-5-4-6-10-22/h4-11,14-18H,31H2,1-3H3,(H,35,40). The molecule has 11 heteroatoms. The summed E-state index contributed by atoms with van der Waals surface area (Å²) in [6.45, 7) is 3.69. The highest BCUT2D eigenvalue weighted by Gasteiger charge is 2.24. The minimum Gasteiger partial charge on any atom is -0.383 e. The van der Waals surface area contributed by atoms with Crippen LogP contribution in [-0.4, -0.2) is 39.6 Å². The number of fused-ring (bicyclic) bond motifs is 2. The van der Waals surface area contributed by atoms with Crippen LogP contribution in [-0.2, 0) is 7.05 Å². The number of para-hydroxylation sites is 1. The summed E-state index contributed by atoms with van der Waals surface area (Å²) in [4.78, 5) is 40.9. The van der Waals surface area contributed by atoms with Gasteiger partial charge in [-0.2, -0.15) is 5.10 Å². The zero-order chi connectivity index (χ0) is 28.7. The molecule has 0 radical (unpaired) electrons. The lowest BCUT2D eigenvalue weighted by atomic mass is 10.1. The van der Waals surface area contributed by atoms with Crippen LogP contribution in [0, 0.1) is 18.8 Å². The third kappa shape index (κ3) is 4.47. The average Bonchev–Trinajstić information content (AvgIpc) is 3.57. The Morgan fingerprint density at radius 1 is 1.05 bits per heavy atom. The minimum atomic E-state index is -0.692. The van der Waals surface area contributed by atoms with Crippen molar-refractivity contribution in [2.24, 2.45) is 7.05 Å². The first-order valence-corrected chi connectivity index (χ1v) is 12.8. The van der Waals surface area contributed by atoms with Crippen LogP contribution < -0.4 is 16.6 Å². The molecular weight excluding hydrogens is 518 g/mol. The summed E-state index contributed by atoms with van der Waals surface area (Å²) < 4.78 is 4.86. The van der Waals surface area contributed by atoms with E-state index >= 15 is 0 Å². The molecule has 1 unspecified atom stereocenters. The number of aromatic nitrogens is 7. The van der Waals surface area contributed by atoms with E-state index in [1.54, 1.807) is 52.8 Å². The Bertz CT molecular complexity index is 2080. The molecule has 0 fully saturated rings. The SMILES string of the molecule is Cc1c(C#Cc2cccc3nc(C(C)NC(=O)c4c(N)ncn5ccnc45)n(-c4ccccc4)c(=O)c23)cnn1C. The van der Waals surface area contributed by atoms with Gasteiger partial charge in [0, 0.05) is 25.0 Å². The summed E-state index contributed by atoms with van der Waals surface area (Å²) in [6.07, 6.45) is 6.43. The molecule has 3 N–H and O–H groups in total. The summed E-state index contributed by atoms with van der Waals surface area (Å²) in [7, 11) is 1.85. The van der Waals surface area contributed by atoms with Crippen LogP contribution >= 0.6 is 0 Å². The van der Waals surface area contributed by atoms with Gasteiger partial charge < -0.3 is 11.1 Å². The van der Waals surface area contributed by atoms with Crippen LogP contribution in [0.15, 0.2) is 78.2 Å². The molecule has 0 spiro atoms. The maximum atomic E-state index is 14.2. The second kappa shape index (κ2) is 10.1. The largest absolute Gasteiger partial charge is 0.383 e. The van der Waals surface area contributed by atoms with Crippen molar-refractivity contribution in [3.05, 3.63) is 112 Å². The molecule has 1 atom stereocenters. The van der Waals surface area contributed by atoms with Crippen LogP contribution in [0.3, 0.4) is 0 Å². The molecule has 11 nitrogen and oxygen atoms in total. The van der Waals surface area contributed by atoms with Crippen molar-refractivity contribution in [2.75, 3.05) is 5.73 Å². The molecule has 202 valence electrons. The number of nitrogen functional groups attached to an aromatic ring is 1. The zero-order valence-corrected chi connectivity index (χ0v) is 22.5. The smallest absolute Gasteiger partial charge is 0.267 e. The third-order valence-electron chi connectivity index (χ3n) is 6.94. The van der Waals surface area contributed by atoms with Gasteiger partial charge in [-0.1, -0.05) is 36.1 Å². The Hall–Kier alpha value is -5.76. The predicted octanol–water partition coefficient (Wildman–Crippen LogP) is 2.94. The molecule has 0 bridgehead atoms. The van der Waals surface area contributed by atoms with Crippen LogP contribution in [0.5, 0.6) is 0 Å². The van der Waals surface area contributed by atoms with Gasteiger partial charge in [0.15, 0.2) is 5.65 Å². The second-order valence-electron chi connectivity index (χ2n) is 9.52. The highest BCUT2D eigenvalue weighted by atomic mass is 16.2. The molecule has 4 heterocycles. The van der Waals surface area contributed by atoms with Crippen LogP contribution in [0.2, 0.25) is 0 Å². The summed E-state index contributed by atoms with van der Waals surface area (Å²) in [5, 5.41) is 7.56.